The summed E-state index contributed by atoms with van der Waals surface area (Å²) >= 11 is 5.65. The fraction of sp³-hybridized carbons (Fsp3) is 0.818. The van der Waals surface area contributed by atoms with Crippen molar-refractivity contribution >= 4 is 23.4 Å². The van der Waals surface area contributed by atoms with Gasteiger partial charge in [0, 0.05) is 26.1 Å². The molecule has 5 nitrogen and oxygen atoms in total. The minimum absolute atomic E-state index is 0.0217. The van der Waals surface area contributed by atoms with Crippen molar-refractivity contribution in [3.8, 4) is 0 Å². The lowest BCUT2D eigenvalue weighted by Gasteiger charge is -2.20. The molecule has 0 rings (SSSR count). The number of carbonyl (C=O) groups is 2. The van der Waals surface area contributed by atoms with Gasteiger partial charge in [0.25, 0.3) is 0 Å². The molecule has 0 aliphatic heterocycles. The van der Waals surface area contributed by atoms with E-state index in [1.807, 2.05) is 0 Å². The van der Waals surface area contributed by atoms with E-state index in [9.17, 15) is 9.59 Å². The van der Waals surface area contributed by atoms with Gasteiger partial charge in [0.1, 0.15) is 0 Å². The summed E-state index contributed by atoms with van der Waals surface area (Å²) in [6.07, 6.45) is 0.753. The Kier molecular flexibility index (Phi) is 7.91. The maximum atomic E-state index is 11.6. The van der Waals surface area contributed by atoms with Gasteiger partial charge >= 0.3 is 0 Å². The smallest absolute Gasteiger partial charge is 0.239 e. The molecular weight excluding hydrogens is 244 g/mol. The molecule has 0 radical (unpaired) electrons. The first kappa shape index (κ1) is 16.2. The molecule has 100 valence electrons. The van der Waals surface area contributed by atoms with Gasteiger partial charge in [-0.2, -0.15) is 0 Å². The van der Waals surface area contributed by atoms with E-state index in [4.69, 9.17) is 16.3 Å². The molecule has 0 aromatic carbocycles. The molecule has 0 aromatic rings. The summed E-state index contributed by atoms with van der Waals surface area (Å²) in [6.45, 7) is 4.58. The number of amides is 2. The molecule has 0 saturated carbocycles. The SMILES string of the molecule is COCCCNC(=O)CNC(=O)C(C)(C)CCl. The van der Waals surface area contributed by atoms with E-state index < -0.39 is 5.41 Å². The van der Waals surface area contributed by atoms with Gasteiger partial charge in [0.05, 0.1) is 12.0 Å². The lowest BCUT2D eigenvalue weighted by molar-refractivity contribution is -0.131. The average Bonchev–Trinajstić information content (AvgIpc) is 2.31. The molecule has 0 aliphatic rings. The Hall–Kier alpha value is -0.810. The highest BCUT2D eigenvalue weighted by atomic mass is 35.5. The molecule has 0 bridgehead atoms. The quantitative estimate of drug-likeness (QED) is 0.496. The summed E-state index contributed by atoms with van der Waals surface area (Å²) in [6, 6.07) is 0. The second-order valence-corrected chi connectivity index (χ2v) is 4.66. The van der Waals surface area contributed by atoms with Crippen molar-refractivity contribution in [3.63, 3.8) is 0 Å². The van der Waals surface area contributed by atoms with Crippen molar-refractivity contribution in [2.24, 2.45) is 5.41 Å². The second kappa shape index (κ2) is 8.31. The molecular formula is C11H21ClN2O3. The van der Waals surface area contributed by atoms with Crippen LogP contribution < -0.4 is 10.6 Å². The molecule has 17 heavy (non-hydrogen) atoms. The van der Waals surface area contributed by atoms with Crippen LogP contribution in [0.15, 0.2) is 0 Å². The summed E-state index contributed by atoms with van der Waals surface area (Å²) in [5.74, 6) is -0.215. The van der Waals surface area contributed by atoms with Crippen LogP contribution in [0, 0.1) is 5.41 Å². The molecule has 0 heterocycles. The first-order chi connectivity index (χ1) is 7.94. The van der Waals surface area contributed by atoms with Crippen LogP contribution in [0.3, 0.4) is 0 Å². The van der Waals surface area contributed by atoms with Gasteiger partial charge in [0.2, 0.25) is 11.8 Å². The Morgan fingerprint density at radius 2 is 1.94 bits per heavy atom. The standard InChI is InChI=1S/C11H21ClN2O3/c1-11(2,8-12)10(16)14-7-9(15)13-5-4-6-17-3/h4-8H2,1-3H3,(H,13,15)(H,14,16). The van der Waals surface area contributed by atoms with Gasteiger partial charge in [-0.25, -0.2) is 0 Å². The van der Waals surface area contributed by atoms with Crippen LogP contribution in [0.2, 0.25) is 0 Å². The highest BCUT2D eigenvalue weighted by molar-refractivity contribution is 6.19. The summed E-state index contributed by atoms with van der Waals surface area (Å²) < 4.78 is 4.85. The van der Waals surface area contributed by atoms with E-state index in [-0.39, 0.29) is 24.2 Å². The van der Waals surface area contributed by atoms with Crippen molar-refractivity contribution in [1.29, 1.82) is 0 Å². The fourth-order valence-electron chi connectivity index (χ4n) is 0.967. The number of alkyl halides is 1. The fourth-order valence-corrected chi connectivity index (χ4v) is 1.09. The lowest BCUT2D eigenvalue weighted by atomic mass is 9.95. The van der Waals surface area contributed by atoms with Crippen LogP contribution in [0.4, 0.5) is 0 Å². The van der Waals surface area contributed by atoms with Crippen LogP contribution in [-0.4, -0.2) is 44.5 Å². The number of nitrogens with one attached hydrogen (secondary N) is 2. The first-order valence-corrected chi connectivity index (χ1v) is 6.07. The summed E-state index contributed by atoms with van der Waals surface area (Å²) in [4.78, 5) is 22.9. The van der Waals surface area contributed by atoms with E-state index in [2.05, 4.69) is 10.6 Å². The Morgan fingerprint density at radius 3 is 2.47 bits per heavy atom. The first-order valence-electron chi connectivity index (χ1n) is 5.54. The van der Waals surface area contributed by atoms with Gasteiger partial charge in [-0.3, -0.25) is 9.59 Å². The Morgan fingerprint density at radius 1 is 1.29 bits per heavy atom. The van der Waals surface area contributed by atoms with Crippen molar-refractivity contribution in [2.75, 3.05) is 32.7 Å². The number of hydrogen-bond acceptors (Lipinski definition) is 3. The number of hydrogen-bond donors (Lipinski definition) is 2. The molecule has 0 aliphatic carbocycles. The molecule has 2 N–H and O–H groups in total. The van der Waals surface area contributed by atoms with Crippen LogP contribution >= 0.6 is 11.6 Å². The molecule has 0 unspecified atom stereocenters. The van der Waals surface area contributed by atoms with Crippen LogP contribution in [0.1, 0.15) is 20.3 Å². The zero-order chi connectivity index (χ0) is 13.3. The maximum Gasteiger partial charge on any atom is 0.239 e. The average molecular weight is 265 g/mol. The molecule has 0 atom stereocenters. The number of ether oxygens (including phenoxy) is 1. The third-order valence-electron chi connectivity index (χ3n) is 2.21. The number of halogens is 1. The van der Waals surface area contributed by atoms with Crippen molar-refractivity contribution < 1.29 is 14.3 Å². The zero-order valence-corrected chi connectivity index (χ0v) is 11.4. The third kappa shape index (κ3) is 7.18. The monoisotopic (exact) mass is 264 g/mol. The van der Waals surface area contributed by atoms with E-state index in [0.29, 0.717) is 13.2 Å². The molecule has 6 heteroatoms. The third-order valence-corrected chi connectivity index (χ3v) is 2.87. The lowest BCUT2D eigenvalue weighted by Crippen LogP contribution is -2.43. The summed E-state index contributed by atoms with van der Waals surface area (Å²) in [5.41, 5.74) is -0.655. The highest BCUT2D eigenvalue weighted by Crippen LogP contribution is 2.16. The molecule has 2 amide bonds. The molecule has 0 aromatic heterocycles. The van der Waals surface area contributed by atoms with Crippen molar-refractivity contribution in [3.05, 3.63) is 0 Å². The summed E-state index contributed by atoms with van der Waals surface area (Å²) in [7, 11) is 1.61. The normalized spacial score (nSPS) is 11.1. The second-order valence-electron chi connectivity index (χ2n) is 4.40. The Labute approximate surface area is 107 Å². The Balaban J connectivity index is 3.74. The van der Waals surface area contributed by atoms with E-state index in [1.165, 1.54) is 0 Å². The number of carbonyl (C=O) groups excluding carboxylic acids is 2. The van der Waals surface area contributed by atoms with E-state index in [1.54, 1.807) is 21.0 Å². The zero-order valence-electron chi connectivity index (χ0n) is 10.6. The van der Waals surface area contributed by atoms with Gasteiger partial charge in [-0.05, 0) is 20.3 Å². The molecule has 0 fully saturated rings. The molecule has 0 spiro atoms. The predicted octanol–water partition coefficient (Wildman–Crippen LogP) is 0.520. The van der Waals surface area contributed by atoms with Crippen molar-refractivity contribution in [2.45, 2.75) is 20.3 Å². The highest BCUT2D eigenvalue weighted by Gasteiger charge is 2.26. The van der Waals surface area contributed by atoms with E-state index >= 15 is 0 Å². The van der Waals surface area contributed by atoms with Crippen LogP contribution in [-0.2, 0) is 14.3 Å². The minimum atomic E-state index is -0.655. The van der Waals surface area contributed by atoms with Gasteiger partial charge in [-0.15, -0.1) is 11.6 Å². The Bertz CT molecular complexity index is 257. The molecule has 0 saturated heterocycles. The largest absolute Gasteiger partial charge is 0.385 e. The minimum Gasteiger partial charge on any atom is -0.385 e. The van der Waals surface area contributed by atoms with Gasteiger partial charge in [0.15, 0.2) is 0 Å². The van der Waals surface area contributed by atoms with Gasteiger partial charge in [-0.1, -0.05) is 0 Å². The maximum absolute atomic E-state index is 11.6. The van der Waals surface area contributed by atoms with Crippen LogP contribution in [0.5, 0.6) is 0 Å². The van der Waals surface area contributed by atoms with Gasteiger partial charge < -0.3 is 15.4 Å². The van der Waals surface area contributed by atoms with Crippen molar-refractivity contribution in [1.82, 2.24) is 10.6 Å². The number of rotatable bonds is 8. The number of methoxy groups -OCH3 is 1. The van der Waals surface area contributed by atoms with E-state index in [0.717, 1.165) is 6.42 Å². The predicted molar refractivity (Wildman–Crippen MR) is 67.0 cm³/mol. The topological polar surface area (TPSA) is 67.4 Å². The summed E-state index contributed by atoms with van der Waals surface area (Å²) in [5, 5.41) is 5.22. The van der Waals surface area contributed by atoms with Crippen LogP contribution in [0.25, 0.3) is 0 Å².